The van der Waals surface area contributed by atoms with E-state index in [0.29, 0.717) is 36.7 Å². The molecule has 0 aliphatic carbocycles. The first-order chi connectivity index (χ1) is 16.0. The zero-order valence-corrected chi connectivity index (χ0v) is 19.1. The molecule has 1 atom stereocenters. The predicted octanol–water partition coefficient (Wildman–Crippen LogP) is 3.19. The fourth-order valence-electron chi connectivity index (χ4n) is 4.82. The van der Waals surface area contributed by atoms with E-state index in [4.69, 9.17) is 4.98 Å². The van der Waals surface area contributed by atoms with Gasteiger partial charge in [0.25, 0.3) is 5.56 Å². The highest BCUT2D eigenvalue weighted by Crippen LogP contribution is 2.28. The number of aryl methyl sites for hydroxylation is 2. The number of fused-ring (bicyclic) bond motifs is 3. The third kappa shape index (κ3) is 3.99. The van der Waals surface area contributed by atoms with E-state index in [1.54, 1.807) is 7.05 Å². The number of aromatic nitrogens is 4. The molecule has 4 aromatic rings. The highest BCUT2D eigenvalue weighted by atomic mass is 16.2. The monoisotopic (exact) mass is 443 g/mol. The summed E-state index contributed by atoms with van der Waals surface area (Å²) in [6.07, 6.45) is 1.54. The molecular formula is C26H29N5O2. The van der Waals surface area contributed by atoms with Crippen LogP contribution < -0.4 is 16.1 Å². The van der Waals surface area contributed by atoms with Crippen molar-refractivity contribution in [1.82, 2.24) is 18.7 Å². The Bertz CT molecular complexity index is 1390. The summed E-state index contributed by atoms with van der Waals surface area (Å²) in [7, 11) is 1.71. The molecule has 7 nitrogen and oxygen atoms in total. The van der Waals surface area contributed by atoms with Gasteiger partial charge in [0.05, 0.1) is 0 Å². The zero-order chi connectivity index (χ0) is 22.9. The molecule has 0 unspecified atom stereocenters. The SMILES string of the molecule is C[C@@H]1CN(Cc2ccccc2)c2nc3c(c(=O)n(CCCc4ccccc4)c(=O)n3C)n2C1. The minimum absolute atomic E-state index is 0.242. The van der Waals surface area contributed by atoms with Crippen molar-refractivity contribution in [1.29, 1.82) is 0 Å². The first kappa shape index (κ1) is 21.2. The van der Waals surface area contributed by atoms with Crippen molar-refractivity contribution in [3.8, 4) is 0 Å². The zero-order valence-electron chi connectivity index (χ0n) is 19.1. The second kappa shape index (κ2) is 8.73. The van der Waals surface area contributed by atoms with E-state index >= 15 is 0 Å². The summed E-state index contributed by atoms with van der Waals surface area (Å²) in [6.45, 7) is 4.87. The van der Waals surface area contributed by atoms with Crippen molar-refractivity contribution in [2.45, 2.75) is 39.4 Å². The lowest BCUT2D eigenvalue weighted by molar-refractivity contribution is 0.434. The molecule has 3 heterocycles. The molecule has 0 saturated carbocycles. The molecule has 0 N–H and O–H groups in total. The first-order valence-corrected chi connectivity index (χ1v) is 11.6. The predicted molar refractivity (Wildman–Crippen MR) is 131 cm³/mol. The maximum Gasteiger partial charge on any atom is 0.332 e. The smallest absolute Gasteiger partial charge is 0.332 e. The largest absolute Gasteiger partial charge is 0.338 e. The van der Waals surface area contributed by atoms with Gasteiger partial charge >= 0.3 is 5.69 Å². The van der Waals surface area contributed by atoms with E-state index in [1.807, 2.05) is 41.0 Å². The van der Waals surface area contributed by atoms with Crippen molar-refractivity contribution in [3.05, 3.63) is 92.6 Å². The van der Waals surface area contributed by atoms with Crippen molar-refractivity contribution >= 4 is 17.1 Å². The van der Waals surface area contributed by atoms with Gasteiger partial charge in [-0.15, -0.1) is 0 Å². The minimum atomic E-state index is -0.307. The molecule has 0 fully saturated rings. The molecule has 7 heteroatoms. The number of benzene rings is 2. The van der Waals surface area contributed by atoms with Crippen molar-refractivity contribution in [3.63, 3.8) is 0 Å². The Balaban J connectivity index is 1.53. The Morgan fingerprint density at radius 1 is 0.939 bits per heavy atom. The summed E-state index contributed by atoms with van der Waals surface area (Å²) in [6, 6.07) is 20.4. The van der Waals surface area contributed by atoms with Crippen LogP contribution in [0.1, 0.15) is 24.5 Å². The average Bonchev–Trinajstić information content (AvgIpc) is 3.21. The maximum absolute atomic E-state index is 13.5. The summed E-state index contributed by atoms with van der Waals surface area (Å²) >= 11 is 0. The van der Waals surface area contributed by atoms with Crippen LogP contribution >= 0.6 is 0 Å². The van der Waals surface area contributed by atoms with Crippen LogP contribution in [-0.2, 0) is 33.1 Å². The molecular weight excluding hydrogens is 414 g/mol. The van der Waals surface area contributed by atoms with Crippen LogP contribution in [0.4, 0.5) is 5.95 Å². The third-order valence-corrected chi connectivity index (χ3v) is 6.43. The van der Waals surface area contributed by atoms with E-state index < -0.39 is 0 Å². The summed E-state index contributed by atoms with van der Waals surface area (Å²) in [5.74, 6) is 1.13. The van der Waals surface area contributed by atoms with Crippen LogP contribution in [0, 0.1) is 5.92 Å². The van der Waals surface area contributed by atoms with Gasteiger partial charge < -0.3 is 9.47 Å². The Morgan fingerprint density at radius 2 is 1.61 bits per heavy atom. The number of hydrogen-bond acceptors (Lipinski definition) is 4. The standard InChI is InChI=1S/C26H29N5O2/c1-19-16-29(18-21-12-7-4-8-13-21)25-27-23-22(31(25)17-19)24(32)30(26(33)28(23)2)15-9-14-20-10-5-3-6-11-20/h3-8,10-13,19H,9,14-18H2,1-2H3/t19-/m1/s1. The molecule has 5 rings (SSSR count). The van der Waals surface area contributed by atoms with Crippen LogP contribution in [-0.4, -0.2) is 25.2 Å². The van der Waals surface area contributed by atoms with Crippen LogP contribution in [0.3, 0.4) is 0 Å². The second-order valence-corrected chi connectivity index (χ2v) is 9.05. The Morgan fingerprint density at radius 3 is 2.30 bits per heavy atom. The molecule has 0 saturated heterocycles. The van der Waals surface area contributed by atoms with Gasteiger partial charge in [0.15, 0.2) is 11.2 Å². The van der Waals surface area contributed by atoms with Crippen LogP contribution in [0.5, 0.6) is 0 Å². The average molecular weight is 444 g/mol. The van der Waals surface area contributed by atoms with Gasteiger partial charge in [0.2, 0.25) is 5.95 Å². The van der Waals surface area contributed by atoms with Gasteiger partial charge in [-0.1, -0.05) is 67.6 Å². The van der Waals surface area contributed by atoms with E-state index in [-0.39, 0.29) is 11.2 Å². The normalized spacial score (nSPS) is 15.7. The molecule has 1 aliphatic heterocycles. The number of rotatable bonds is 6. The molecule has 170 valence electrons. The molecule has 2 aromatic heterocycles. The lowest BCUT2D eigenvalue weighted by Crippen LogP contribution is -2.41. The molecule has 0 amide bonds. The lowest BCUT2D eigenvalue weighted by atomic mass is 10.1. The maximum atomic E-state index is 13.5. The molecule has 1 aliphatic rings. The lowest BCUT2D eigenvalue weighted by Gasteiger charge is -2.33. The first-order valence-electron chi connectivity index (χ1n) is 11.6. The summed E-state index contributed by atoms with van der Waals surface area (Å²) < 4.78 is 4.92. The molecule has 0 radical (unpaired) electrons. The van der Waals surface area contributed by atoms with Gasteiger partial charge in [0, 0.05) is 33.2 Å². The van der Waals surface area contributed by atoms with E-state index in [2.05, 4.69) is 36.1 Å². The molecule has 0 spiro atoms. The van der Waals surface area contributed by atoms with E-state index in [1.165, 1.54) is 20.3 Å². The van der Waals surface area contributed by atoms with E-state index in [0.717, 1.165) is 25.3 Å². The van der Waals surface area contributed by atoms with Crippen LogP contribution in [0.2, 0.25) is 0 Å². The van der Waals surface area contributed by atoms with Crippen molar-refractivity contribution in [2.24, 2.45) is 13.0 Å². The highest BCUT2D eigenvalue weighted by Gasteiger charge is 2.29. The molecule has 0 bridgehead atoms. The summed E-state index contributed by atoms with van der Waals surface area (Å²) in [4.78, 5) is 33.6. The van der Waals surface area contributed by atoms with Gasteiger partial charge in [-0.05, 0) is 29.9 Å². The van der Waals surface area contributed by atoms with Crippen LogP contribution in [0.15, 0.2) is 70.3 Å². The third-order valence-electron chi connectivity index (χ3n) is 6.43. The summed E-state index contributed by atoms with van der Waals surface area (Å²) in [5, 5.41) is 0. The topological polar surface area (TPSA) is 65.1 Å². The Hall–Kier alpha value is -3.61. The quantitative estimate of drug-likeness (QED) is 0.459. The number of imidazole rings is 1. The van der Waals surface area contributed by atoms with Crippen LogP contribution in [0.25, 0.3) is 11.2 Å². The minimum Gasteiger partial charge on any atom is -0.338 e. The van der Waals surface area contributed by atoms with Gasteiger partial charge in [-0.25, -0.2) is 4.79 Å². The number of hydrogen-bond donors (Lipinski definition) is 0. The summed E-state index contributed by atoms with van der Waals surface area (Å²) in [5.41, 5.74) is 2.84. The fourth-order valence-corrected chi connectivity index (χ4v) is 4.82. The van der Waals surface area contributed by atoms with Gasteiger partial charge in [-0.2, -0.15) is 4.98 Å². The Labute approximate surface area is 192 Å². The Kier molecular flexibility index (Phi) is 5.62. The van der Waals surface area contributed by atoms with Gasteiger partial charge in [0.1, 0.15) is 0 Å². The highest BCUT2D eigenvalue weighted by molar-refractivity contribution is 5.75. The number of nitrogens with zero attached hydrogens (tertiary/aromatic N) is 5. The number of anilines is 1. The van der Waals surface area contributed by atoms with Gasteiger partial charge in [-0.3, -0.25) is 13.9 Å². The van der Waals surface area contributed by atoms with Crippen molar-refractivity contribution in [2.75, 3.05) is 11.4 Å². The second-order valence-electron chi connectivity index (χ2n) is 9.05. The van der Waals surface area contributed by atoms with Crippen molar-refractivity contribution < 1.29 is 0 Å². The fraction of sp³-hybridized carbons (Fsp3) is 0.346. The molecule has 33 heavy (non-hydrogen) atoms. The van der Waals surface area contributed by atoms with E-state index in [9.17, 15) is 9.59 Å². The molecule has 2 aromatic carbocycles.